The molecule has 6 rings (SSSR count). The highest BCUT2D eigenvalue weighted by Gasteiger charge is 2.42. The molecule has 0 spiro atoms. The highest BCUT2D eigenvalue weighted by molar-refractivity contribution is 6.00. The lowest BCUT2D eigenvalue weighted by molar-refractivity contribution is -0.130. The maximum Gasteiger partial charge on any atom is 0.246 e. The summed E-state index contributed by atoms with van der Waals surface area (Å²) in [4.78, 5) is 27.2. The van der Waals surface area contributed by atoms with Crippen LogP contribution in [0.4, 0.5) is 4.39 Å². The largest absolute Gasteiger partial charge is 0.475 e. The van der Waals surface area contributed by atoms with E-state index < -0.39 is 12.0 Å². The highest BCUT2D eigenvalue weighted by Crippen LogP contribution is 2.43. The van der Waals surface area contributed by atoms with Crippen LogP contribution in [0.3, 0.4) is 0 Å². The summed E-state index contributed by atoms with van der Waals surface area (Å²) >= 11 is 0. The molecule has 3 aliphatic heterocycles. The van der Waals surface area contributed by atoms with E-state index in [1.54, 1.807) is 11.0 Å². The maximum absolute atomic E-state index is 16.2. The number of ether oxygens (including phenoxy) is 1. The fourth-order valence-corrected chi connectivity index (χ4v) is 7.48. The minimum absolute atomic E-state index is 0.123. The Bertz CT molecular complexity index is 1540. The molecule has 0 saturated carbocycles. The number of halogens is 1. The van der Waals surface area contributed by atoms with Crippen LogP contribution in [-0.4, -0.2) is 91.0 Å². The number of carbonyl (C=O) groups is 1. The van der Waals surface area contributed by atoms with Gasteiger partial charge in [-0.2, -0.15) is 5.26 Å². The van der Waals surface area contributed by atoms with Crippen molar-refractivity contribution in [1.29, 1.82) is 5.26 Å². The van der Waals surface area contributed by atoms with Gasteiger partial charge in [0, 0.05) is 42.9 Å². The fraction of sp³-hybridized carbons (Fsp3) is 0.486. The summed E-state index contributed by atoms with van der Waals surface area (Å²) in [6.07, 6.45) is 11.1. The van der Waals surface area contributed by atoms with Gasteiger partial charge in [0.05, 0.1) is 6.04 Å². The van der Waals surface area contributed by atoms with Gasteiger partial charge < -0.3 is 24.3 Å². The SMILES string of the molecule is [C-]#[N+]C[C@H]1CN(C2=C(C#N)C(OC[C@@H]3CCCN3C)=NC3C=C(c4cccc5c4CCCC5)C(F)=CC23)CCN1C(=O)C=C. The van der Waals surface area contributed by atoms with E-state index in [4.69, 9.17) is 16.3 Å². The van der Waals surface area contributed by atoms with Gasteiger partial charge in [-0.1, -0.05) is 24.8 Å². The maximum atomic E-state index is 16.2. The van der Waals surface area contributed by atoms with E-state index in [1.165, 1.54) is 17.2 Å². The van der Waals surface area contributed by atoms with E-state index in [-0.39, 0.29) is 36.3 Å². The average molecular weight is 595 g/mol. The summed E-state index contributed by atoms with van der Waals surface area (Å²) in [6, 6.07) is 7.91. The topological polar surface area (TPSA) is 76.5 Å². The number of aliphatic imine (C=N–C) groups is 1. The van der Waals surface area contributed by atoms with Crippen LogP contribution in [0.25, 0.3) is 10.4 Å². The number of allylic oxidation sites excluding steroid dienone is 2. The van der Waals surface area contributed by atoms with Crippen molar-refractivity contribution in [2.24, 2.45) is 10.9 Å². The Kier molecular flexibility index (Phi) is 8.68. The molecule has 2 fully saturated rings. The molecule has 0 bridgehead atoms. The molecule has 2 saturated heterocycles. The van der Waals surface area contributed by atoms with Gasteiger partial charge in [-0.15, -0.1) is 0 Å². The van der Waals surface area contributed by atoms with Gasteiger partial charge in [0.1, 0.15) is 30.1 Å². The number of hydrogen-bond acceptors (Lipinski definition) is 6. The third kappa shape index (κ3) is 5.57. The molecule has 1 aromatic carbocycles. The summed E-state index contributed by atoms with van der Waals surface area (Å²) in [7, 11) is 2.08. The molecule has 1 aromatic rings. The lowest BCUT2D eigenvalue weighted by Gasteiger charge is -2.44. The molecule has 0 aromatic heterocycles. The van der Waals surface area contributed by atoms with E-state index in [9.17, 15) is 10.1 Å². The molecule has 4 atom stereocenters. The lowest BCUT2D eigenvalue weighted by Crippen LogP contribution is -2.57. The molecule has 8 nitrogen and oxygen atoms in total. The molecule has 0 N–H and O–H groups in total. The predicted molar refractivity (Wildman–Crippen MR) is 168 cm³/mol. The van der Waals surface area contributed by atoms with Crippen LogP contribution < -0.4 is 0 Å². The van der Waals surface area contributed by atoms with Crippen LogP contribution in [0.2, 0.25) is 0 Å². The summed E-state index contributed by atoms with van der Waals surface area (Å²) in [5.41, 5.74) is 4.93. The summed E-state index contributed by atoms with van der Waals surface area (Å²) in [6.45, 7) is 13.8. The zero-order chi connectivity index (χ0) is 30.8. The zero-order valence-corrected chi connectivity index (χ0v) is 25.3. The first-order valence-corrected chi connectivity index (χ1v) is 15.7. The smallest absolute Gasteiger partial charge is 0.246 e. The summed E-state index contributed by atoms with van der Waals surface area (Å²) in [5.74, 6) is -0.755. The average Bonchev–Trinajstić information content (AvgIpc) is 3.46. The Morgan fingerprint density at radius 2 is 2.07 bits per heavy atom. The van der Waals surface area contributed by atoms with E-state index in [2.05, 4.69) is 35.5 Å². The molecular formula is C35H39FN6O2. The van der Waals surface area contributed by atoms with Crippen molar-refractivity contribution in [3.05, 3.63) is 88.2 Å². The second-order valence-corrected chi connectivity index (χ2v) is 12.3. The number of likely N-dealkylation sites (N-methyl/N-ethyl adjacent to an activating group) is 1. The van der Waals surface area contributed by atoms with E-state index in [0.29, 0.717) is 43.1 Å². The van der Waals surface area contributed by atoms with Crippen LogP contribution in [-0.2, 0) is 22.4 Å². The van der Waals surface area contributed by atoms with Crippen LogP contribution in [0.1, 0.15) is 42.4 Å². The number of carbonyl (C=O) groups excluding carboxylic acids is 1. The number of likely N-dealkylation sites (tertiary alicyclic amines) is 1. The Morgan fingerprint density at radius 1 is 1.23 bits per heavy atom. The van der Waals surface area contributed by atoms with Crippen LogP contribution in [0.5, 0.6) is 0 Å². The van der Waals surface area contributed by atoms with Gasteiger partial charge in [-0.05, 0) is 87.0 Å². The van der Waals surface area contributed by atoms with E-state index >= 15 is 4.39 Å². The van der Waals surface area contributed by atoms with E-state index in [1.807, 2.05) is 23.1 Å². The van der Waals surface area contributed by atoms with Crippen molar-refractivity contribution < 1.29 is 13.9 Å². The van der Waals surface area contributed by atoms with Gasteiger partial charge >= 0.3 is 0 Å². The van der Waals surface area contributed by atoms with Crippen molar-refractivity contribution in [3.8, 4) is 6.07 Å². The first-order chi connectivity index (χ1) is 21.4. The van der Waals surface area contributed by atoms with Crippen LogP contribution >= 0.6 is 0 Å². The van der Waals surface area contributed by atoms with Gasteiger partial charge in [-0.3, -0.25) is 4.79 Å². The van der Waals surface area contributed by atoms with Crippen LogP contribution in [0.15, 0.2) is 65.1 Å². The standard InChI is InChI=1S/C35H39FN6O2/c1-4-33(43)42-16-15-41(21-25(42)20-38-2)34-29-17-31(36)28(27-13-7-10-23-9-5-6-12-26(23)27)18-32(29)39-35(30(34)19-37)44-22-24-11-8-14-40(24)3/h4,7,10,13,17-18,24-25,29,32H,1,5-6,8-9,11-12,14-16,20-22H2,3H3/t24-,25-,29?,32?/m0/s1. The number of dihydropyridines is 1. The molecule has 0 radical (unpaired) electrons. The Hall–Kier alpha value is -4.21. The number of piperazine rings is 1. The number of nitrogens with zero attached hydrogens (tertiary/aromatic N) is 6. The molecular weight excluding hydrogens is 555 g/mol. The Balaban J connectivity index is 1.39. The Labute approximate surface area is 259 Å². The van der Waals surface area contributed by atoms with Gasteiger partial charge in [0.2, 0.25) is 18.3 Å². The van der Waals surface area contributed by atoms with Gasteiger partial charge in [0.15, 0.2) is 0 Å². The highest BCUT2D eigenvalue weighted by atomic mass is 19.1. The molecule has 228 valence electrons. The van der Waals surface area contributed by atoms with E-state index in [0.717, 1.165) is 50.6 Å². The second kappa shape index (κ2) is 12.8. The number of amides is 1. The molecule has 9 heteroatoms. The number of nitriles is 1. The summed E-state index contributed by atoms with van der Waals surface area (Å²) < 4.78 is 22.6. The number of fused-ring (bicyclic) bond motifs is 2. The number of hydrogen-bond donors (Lipinski definition) is 0. The first-order valence-electron chi connectivity index (χ1n) is 15.7. The van der Waals surface area contributed by atoms with Crippen molar-refractivity contribution in [2.45, 2.75) is 56.7 Å². The number of benzene rings is 1. The molecule has 2 aliphatic carbocycles. The van der Waals surface area contributed by atoms with Crippen molar-refractivity contribution in [2.75, 3.05) is 46.4 Å². The quantitative estimate of drug-likeness (QED) is 0.352. The monoisotopic (exact) mass is 594 g/mol. The molecule has 44 heavy (non-hydrogen) atoms. The first kappa shape index (κ1) is 29.8. The number of rotatable bonds is 6. The normalized spacial score (nSPS) is 26.9. The predicted octanol–water partition coefficient (Wildman–Crippen LogP) is 4.72. The van der Waals surface area contributed by atoms with Gasteiger partial charge in [-0.25, -0.2) is 16.0 Å². The minimum atomic E-state index is -0.510. The zero-order valence-electron chi connectivity index (χ0n) is 25.3. The van der Waals surface area contributed by atoms with Crippen molar-refractivity contribution >= 4 is 17.4 Å². The third-order valence-corrected chi connectivity index (χ3v) is 9.81. The lowest BCUT2D eigenvalue weighted by atomic mass is 9.79. The van der Waals surface area contributed by atoms with Gasteiger partial charge in [0.25, 0.3) is 0 Å². The molecule has 1 amide bonds. The third-order valence-electron chi connectivity index (χ3n) is 9.81. The molecule has 3 heterocycles. The summed E-state index contributed by atoms with van der Waals surface area (Å²) in [5, 5.41) is 10.5. The molecule has 2 unspecified atom stereocenters. The number of aryl methyl sites for hydroxylation is 1. The fourth-order valence-electron chi connectivity index (χ4n) is 7.48. The van der Waals surface area contributed by atoms with Crippen molar-refractivity contribution in [3.63, 3.8) is 0 Å². The minimum Gasteiger partial charge on any atom is -0.475 e. The van der Waals surface area contributed by atoms with Crippen molar-refractivity contribution in [1.82, 2.24) is 14.7 Å². The molecule has 5 aliphatic rings. The Morgan fingerprint density at radius 3 is 2.82 bits per heavy atom. The van der Waals surface area contributed by atoms with Crippen LogP contribution in [0, 0.1) is 23.8 Å². The second-order valence-electron chi connectivity index (χ2n) is 12.3.